The van der Waals surface area contributed by atoms with E-state index in [9.17, 15) is 4.39 Å². The van der Waals surface area contributed by atoms with Crippen LogP contribution in [-0.4, -0.2) is 31.9 Å². The Kier molecular flexibility index (Phi) is 5.49. The van der Waals surface area contributed by atoms with Gasteiger partial charge in [0.1, 0.15) is 5.82 Å². The fourth-order valence-corrected chi connectivity index (χ4v) is 2.60. The van der Waals surface area contributed by atoms with Crippen molar-refractivity contribution in [2.75, 3.05) is 13.6 Å². The molecule has 0 bridgehead atoms. The van der Waals surface area contributed by atoms with Crippen molar-refractivity contribution in [3.05, 3.63) is 39.0 Å². The first kappa shape index (κ1) is 18.7. The van der Waals surface area contributed by atoms with Gasteiger partial charge in [-0.2, -0.15) is 0 Å². The first-order valence-electron chi connectivity index (χ1n) is 7.42. The van der Waals surface area contributed by atoms with Crippen LogP contribution < -0.4 is 5.32 Å². The van der Waals surface area contributed by atoms with Crippen LogP contribution in [0.2, 0.25) is 10.0 Å². The molecule has 7 heteroatoms. The fourth-order valence-electron chi connectivity index (χ4n) is 2.27. The molecule has 0 spiro atoms. The minimum Gasteiger partial charge on any atom is -0.400 e. The standard InChI is InChI=1S/C16H21BCl2FNO2/c1-15(2)16(3,4)23-17(22-15)11(9-21-5)6-10-7-12(18)14(19)13(20)8-10/h6-8,21H,9H2,1-5H3. The van der Waals surface area contributed by atoms with Crippen LogP contribution in [0.15, 0.2) is 17.6 Å². The normalized spacial score (nSPS) is 20.2. The molecule has 1 aromatic rings. The van der Waals surface area contributed by atoms with Gasteiger partial charge in [-0.15, -0.1) is 0 Å². The molecule has 2 rings (SSSR count). The van der Waals surface area contributed by atoms with E-state index in [0.717, 1.165) is 5.47 Å². The van der Waals surface area contributed by atoms with Gasteiger partial charge in [0.15, 0.2) is 0 Å². The largest absolute Gasteiger partial charge is 0.491 e. The predicted molar refractivity (Wildman–Crippen MR) is 94.4 cm³/mol. The molecule has 0 amide bonds. The van der Waals surface area contributed by atoms with E-state index in [1.165, 1.54) is 6.07 Å². The number of halogens is 3. The molecule has 1 aliphatic heterocycles. The van der Waals surface area contributed by atoms with Crippen molar-refractivity contribution in [1.82, 2.24) is 5.32 Å². The molecule has 0 aromatic heterocycles. The molecule has 3 nitrogen and oxygen atoms in total. The summed E-state index contributed by atoms with van der Waals surface area (Å²) in [7, 11) is 1.32. The number of hydrogen-bond acceptors (Lipinski definition) is 3. The van der Waals surface area contributed by atoms with E-state index < -0.39 is 24.1 Å². The van der Waals surface area contributed by atoms with Gasteiger partial charge in [0.05, 0.1) is 21.2 Å². The second kappa shape index (κ2) is 6.73. The summed E-state index contributed by atoms with van der Waals surface area (Å²) in [6.45, 7) is 8.50. The average molecular weight is 360 g/mol. The molecule has 0 radical (unpaired) electrons. The van der Waals surface area contributed by atoms with Crippen molar-refractivity contribution in [3.8, 4) is 0 Å². The summed E-state index contributed by atoms with van der Waals surface area (Å²) in [6, 6.07) is 2.96. The Morgan fingerprint density at radius 3 is 2.26 bits per heavy atom. The van der Waals surface area contributed by atoms with Crippen molar-refractivity contribution in [3.63, 3.8) is 0 Å². The first-order valence-corrected chi connectivity index (χ1v) is 8.18. The molecule has 0 saturated carbocycles. The third-order valence-corrected chi connectivity index (χ3v) is 5.07. The van der Waals surface area contributed by atoms with Gasteiger partial charge in [0, 0.05) is 6.54 Å². The smallest absolute Gasteiger partial charge is 0.400 e. The lowest BCUT2D eigenvalue weighted by atomic mass is 9.77. The first-order chi connectivity index (χ1) is 10.6. The van der Waals surface area contributed by atoms with Crippen molar-refractivity contribution in [2.45, 2.75) is 38.9 Å². The highest BCUT2D eigenvalue weighted by atomic mass is 35.5. The highest BCUT2D eigenvalue weighted by Gasteiger charge is 2.52. The Morgan fingerprint density at radius 2 is 1.78 bits per heavy atom. The Balaban J connectivity index is 2.36. The molecule has 1 aromatic carbocycles. The summed E-state index contributed by atoms with van der Waals surface area (Å²) in [4.78, 5) is 0. The van der Waals surface area contributed by atoms with E-state index >= 15 is 0 Å². The van der Waals surface area contributed by atoms with Crippen molar-refractivity contribution < 1.29 is 13.7 Å². The number of likely N-dealkylation sites (N-methyl/N-ethyl adjacent to an activating group) is 1. The summed E-state index contributed by atoms with van der Waals surface area (Å²) in [5.41, 5.74) is 0.585. The van der Waals surface area contributed by atoms with Gasteiger partial charge in [-0.25, -0.2) is 4.39 Å². The molecule has 1 N–H and O–H groups in total. The molecule has 1 heterocycles. The third-order valence-electron chi connectivity index (χ3n) is 4.30. The maximum Gasteiger partial charge on any atom is 0.491 e. The molecule has 1 saturated heterocycles. The van der Waals surface area contributed by atoms with Crippen LogP contribution >= 0.6 is 23.2 Å². The van der Waals surface area contributed by atoms with Gasteiger partial charge in [-0.1, -0.05) is 29.3 Å². The maximum atomic E-state index is 13.8. The summed E-state index contributed by atoms with van der Waals surface area (Å²) >= 11 is 11.7. The molecular weight excluding hydrogens is 339 g/mol. The van der Waals surface area contributed by atoms with Crippen LogP contribution in [0.4, 0.5) is 4.39 Å². The van der Waals surface area contributed by atoms with Gasteiger partial charge in [0.25, 0.3) is 0 Å². The van der Waals surface area contributed by atoms with E-state index in [-0.39, 0.29) is 10.0 Å². The van der Waals surface area contributed by atoms with Gasteiger partial charge in [-0.05, 0) is 57.9 Å². The Morgan fingerprint density at radius 1 is 1.22 bits per heavy atom. The highest BCUT2D eigenvalue weighted by Crippen LogP contribution is 2.39. The second-order valence-corrected chi connectivity index (χ2v) is 7.42. The summed E-state index contributed by atoms with van der Waals surface area (Å²) < 4.78 is 25.9. The number of benzene rings is 1. The topological polar surface area (TPSA) is 30.5 Å². The Bertz CT molecular complexity index is 596. The molecule has 0 unspecified atom stereocenters. The quantitative estimate of drug-likeness (QED) is 0.639. The van der Waals surface area contributed by atoms with E-state index in [1.54, 1.807) is 6.07 Å². The molecule has 1 aliphatic rings. The van der Waals surface area contributed by atoms with Crippen LogP contribution in [0, 0.1) is 5.82 Å². The van der Waals surface area contributed by atoms with Crippen LogP contribution in [0.5, 0.6) is 0 Å². The molecule has 1 fully saturated rings. The maximum absolute atomic E-state index is 13.8. The average Bonchev–Trinajstić information content (AvgIpc) is 2.64. The van der Waals surface area contributed by atoms with Crippen molar-refractivity contribution in [2.24, 2.45) is 0 Å². The van der Waals surface area contributed by atoms with E-state index in [4.69, 9.17) is 32.5 Å². The zero-order chi connectivity index (χ0) is 17.4. The molecule has 23 heavy (non-hydrogen) atoms. The molecular formula is C16H21BCl2FNO2. The van der Waals surface area contributed by atoms with Gasteiger partial charge in [-0.3, -0.25) is 0 Å². The summed E-state index contributed by atoms with van der Waals surface area (Å²) in [5.74, 6) is -0.553. The molecule has 0 aliphatic carbocycles. The van der Waals surface area contributed by atoms with Crippen LogP contribution in [0.25, 0.3) is 6.08 Å². The van der Waals surface area contributed by atoms with Crippen molar-refractivity contribution >= 4 is 36.4 Å². The zero-order valence-electron chi connectivity index (χ0n) is 14.0. The molecule has 126 valence electrons. The zero-order valence-corrected chi connectivity index (χ0v) is 15.5. The minimum atomic E-state index is -0.553. The lowest BCUT2D eigenvalue weighted by Crippen LogP contribution is -2.41. The minimum absolute atomic E-state index is 0.0744. The SMILES string of the molecule is CNCC(=Cc1cc(F)c(Cl)c(Cl)c1)B1OC(C)(C)C(C)(C)O1. The highest BCUT2D eigenvalue weighted by molar-refractivity contribution is 6.56. The van der Waals surface area contributed by atoms with Gasteiger partial charge >= 0.3 is 7.12 Å². The number of nitrogens with one attached hydrogen (secondary N) is 1. The second-order valence-electron chi connectivity index (χ2n) is 6.64. The Labute approximate surface area is 147 Å². The summed E-state index contributed by atoms with van der Waals surface area (Å²) in [5, 5.41) is 3.18. The molecule has 0 atom stereocenters. The third kappa shape index (κ3) is 3.91. The van der Waals surface area contributed by atoms with E-state index in [2.05, 4.69) is 5.32 Å². The van der Waals surface area contributed by atoms with Crippen molar-refractivity contribution in [1.29, 1.82) is 0 Å². The Hall–Kier alpha value is -0.585. The van der Waals surface area contributed by atoms with Crippen LogP contribution in [0.3, 0.4) is 0 Å². The predicted octanol–water partition coefficient (Wildman–Crippen LogP) is 4.37. The van der Waals surface area contributed by atoms with E-state index in [0.29, 0.717) is 12.1 Å². The number of hydrogen-bond donors (Lipinski definition) is 1. The van der Waals surface area contributed by atoms with Gasteiger partial charge in [0.2, 0.25) is 0 Å². The van der Waals surface area contributed by atoms with Gasteiger partial charge < -0.3 is 14.6 Å². The lowest BCUT2D eigenvalue weighted by molar-refractivity contribution is 0.00578. The summed E-state index contributed by atoms with van der Waals surface area (Å²) in [6.07, 6.45) is 1.81. The monoisotopic (exact) mass is 359 g/mol. The fraction of sp³-hybridized carbons (Fsp3) is 0.500. The van der Waals surface area contributed by atoms with Crippen LogP contribution in [0.1, 0.15) is 33.3 Å². The van der Waals surface area contributed by atoms with Crippen LogP contribution in [-0.2, 0) is 9.31 Å². The lowest BCUT2D eigenvalue weighted by Gasteiger charge is -2.32. The van der Waals surface area contributed by atoms with E-state index in [1.807, 2.05) is 40.8 Å². The number of rotatable bonds is 4.